The van der Waals surface area contributed by atoms with E-state index in [0.29, 0.717) is 5.75 Å². The number of benzene rings is 2. The first-order valence-electron chi connectivity index (χ1n) is 6.94. The van der Waals surface area contributed by atoms with Crippen molar-refractivity contribution in [2.75, 3.05) is 6.61 Å². The molecule has 0 unspecified atom stereocenters. The number of carbonyl (C=O) groups excluding carboxylic acids is 1. The SMILES string of the molecule is CC(C)(C)OC(=O)COc1ccc(-c2ccccc2)cc1. The van der Waals surface area contributed by atoms with Gasteiger partial charge in [-0.2, -0.15) is 0 Å². The Bertz CT molecular complexity index is 580. The summed E-state index contributed by atoms with van der Waals surface area (Å²) in [4.78, 5) is 11.6. The van der Waals surface area contributed by atoms with Crippen molar-refractivity contribution in [2.45, 2.75) is 26.4 Å². The van der Waals surface area contributed by atoms with Gasteiger partial charge in [0.05, 0.1) is 0 Å². The average Bonchev–Trinajstić information content (AvgIpc) is 2.45. The summed E-state index contributed by atoms with van der Waals surface area (Å²) in [6.45, 7) is 5.42. The maximum absolute atomic E-state index is 11.6. The molecule has 0 aromatic heterocycles. The summed E-state index contributed by atoms with van der Waals surface area (Å²) in [7, 11) is 0. The molecule has 0 radical (unpaired) electrons. The van der Waals surface area contributed by atoms with Gasteiger partial charge in [0.2, 0.25) is 0 Å². The second-order valence-corrected chi connectivity index (χ2v) is 5.77. The van der Waals surface area contributed by atoms with E-state index in [0.717, 1.165) is 11.1 Å². The van der Waals surface area contributed by atoms with E-state index >= 15 is 0 Å². The third-order valence-corrected chi connectivity index (χ3v) is 2.74. The highest BCUT2D eigenvalue weighted by Gasteiger charge is 2.16. The Morgan fingerprint density at radius 3 is 2.05 bits per heavy atom. The van der Waals surface area contributed by atoms with Gasteiger partial charge in [-0.3, -0.25) is 0 Å². The van der Waals surface area contributed by atoms with Gasteiger partial charge in [-0.15, -0.1) is 0 Å². The molecule has 3 nitrogen and oxygen atoms in total. The molecule has 21 heavy (non-hydrogen) atoms. The second kappa shape index (κ2) is 6.44. The Hall–Kier alpha value is -2.29. The van der Waals surface area contributed by atoms with Crippen molar-refractivity contribution >= 4 is 5.97 Å². The molecule has 3 heteroatoms. The monoisotopic (exact) mass is 284 g/mol. The molecule has 2 rings (SSSR count). The van der Waals surface area contributed by atoms with Crippen molar-refractivity contribution in [1.29, 1.82) is 0 Å². The highest BCUT2D eigenvalue weighted by molar-refractivity contribution is 5.71. The van der Waals surface area contributed by atoms with E-state index in [1.54, 1.807) is 0 Å². The first kappa shape index (κ1) is 15.1. The predicted octanol–water partition coefficient (Wildman–Crippen LogP) is 4.07. The number of hydrogen-bond donors (Lipinski definition) is 0. The summed E-state index contributed by atoms with van der Waals surface area (Å²) in [6, 6.07) is 17.7. The van der Waals surface area contributed by atoms with Crippen LogP contribution in [0.4, 0.5) is 0 Å². The molecule has 0 saturated carbocycles. The summed E-state index contributed by atoms with van der Waals surface area (Å²) in [5.74, 6) is 0.287. The Balaban J connectivity index is 1.93. The van der Waals surface area contributed by atoms with Crippen LogP contribution < -0.4 is 4.74 Å². The van der Waals surface area contributed by atoms with E-state index in [4.69, 9.17) is 9.47 Å². The van der Waals surface area contributed by atoms with Gasteiger partial charge in [-0.1, -0.05) is 42.5 Å². The van der Waals surface area contributed by atoms with Gasteiger partial charge in [0.25, 0.3) is 0 Å². The van der Waals surface area contributed by atoms with Crippen LogP contribution in [0.1, 0.15) is 20.8 Å². The van der Waals surface area contributed by atoms with Crippen LogP contribution >= 0.6 is 0 Å². The zero-order chi connectivity index (χ0) is 15.3. The fourth-order valence-electron chi connectivity index (χ4n) is 1.89. The predicted molar refractivity (Wildman–Crippen MR) is 83.2 cm³/mol. The van der Waals surface area contributed by atoms with E-state index in [2.05, 4.69) is 12.1 Å². The molecule has 0 fully saturated rings. The average molecular weight is 284 g/mol. The normalized spacial score (nSPS) is 11.0. The molecule has 0 spiro atoms. The fourth-order valence-corrected chi connectivity index (χ4v) is 1.89. The van der Waals surface area contributed by atoms with E-state index in [1.165, 1.54) is 0 Å². The Morgan fingerprint density at radius 1 is 0.905 bits per heavy atom. The summed E-state index contributed by atoms with van der Waals surface area (Å²) in [5.41, 5.74) is 1.77. The molecule has 0 N–H and O–H groups in total. The maximum Gasteiger partial charge on any atom is 0.344 e. The molecule has 0 heterocycles. The molecule has 0 amide bonds. The number of rotatable bonds is 4. The second-order valence-electron chi connectivity index (χ2n) is 5.77. The van der Waals surface area contributed by atoms with Gasteiger partial charge in [-0.25, -0.2) is 4.79 Å². The molecular weight excluding hydrogens is 264 g/mol. The van der Waals surface area contributed by atoms with E-state index < -0.39 is 5.60 Å². The Labute approximate surface area is 125 Å². The largest absolute Gasteiger partial charge is 0.482 e. The van der Waals surface area contributed by atoms with Crippen molar-refractivity contribution in [3.63, 3.8) is 0 Å². The minimum Gasteiger partial charge on any atom is -0.482 e. The summed E-state index contributed by atoms with van der Waals surface area (Å²) >= 11 is 0. The molecule has 0 aliphatic rings. The fraction of sp³-hybridized carbons (Fsp3) is 0.278. The van der Waals surface area contributed by atoms with Crippen molar-refractivity contribution in [3.05, 3.63) is 54.6 Å². The highest BCUT2D eigenvalue weighted by atomic mass is 16.6. The quantitative estimate of drug-likeness (QED) is 0.794. The van der Waals surface area contributed by atoms with Crippen LogP contribution in [-0.2, 0) is 9.53 Å². The number of ether oxygens (including phenoxy) is 2. The lowest BCUT2D eigenvalue weighted by Crippen LogP contribution is -2.27. The van der Waals surface area contributed by atoms with E-state index in [-0.39, 0.29) is 12.6 Å². The first-order valence-corrected chi connectivity index (χ1v) is 6.94. The molecule has 2 aromatic rings. The third kappa shape index (κ3) is 4.95. The smallest absolute Gasteiger partial charge is 0.344 e. The maximum atomic E-state index is 11.6. The minimum absolute atomic E-state index is 0.0814. The Kier molecular flexibility index (Phi) is 4.63. The zero-order valence-electron chi connectivity index (χ0n) is 12.6. The third-order valence-electron chi connectivity index (χ3n) is 2.74. The standard InChI is InChI=1S/C18H20O3/c1-18(2,3)21-17(19)13-20-16-11-9-15(10-12-16)14-7-5-4-6-8-14/h4-12H,13H2,1-3H3. The van der Waals surface area contributed by atoms with Crippen LogP contribution in [0.5, 0.6) is 5.75 Å². The van der Waals surface area contributed by atoms with Crippen LogP contribution in [0.2, 0.25) is 0 Å². The summed E-state index contributed by atoms with van der Waals surface area (Å²) < 4.78 is 10.6. The lowest BCUT2D eigenvalue weighted by Gasteiger charge is -2.19. The number of carbonyl (C=O) groups is 1. The number of hydrogen-bond acceptors (Lipinski definition) is 3. The molecule has 0 aliphatic heterocycles. The molecular formula is C18H20O3. The van der Waals surface area contributed by atoms with Crippen LogP contribution in [0.15, 0.2) is 54.6 Å². The van der Waals surface area contributed by atoms with E-state index in [9.17, 15) is 4.79 Å². The van der Waals surface area contributed by atoms with Gasteiger partial charge in [0, 0.05) is 0 Å². The molecule has 2 aromatic carbocycles. The van der Waals surface area contributed by atoms with Crippen LogP contribution in [0, 0.1) is 0 Å². The van der Waals surface area contributed by atoms with Crippen molar-refractivity contribution in [2.24, 2.45) is 0 Å². The highest BCUT2D eigenvalue weighted by Crippen LogP contribution is 2.22. The molecule has 0 atom stereocenters. The minimum atomic E-state index is -0.488. The van der Waals surface area contributed by atoms with Crippen LogP contribution in [-0.4, -0.2) is 18.2 Å². The topological polar surface area (TPSA) is 35.5 Å². The van der Waals surface area contributed by atoms with Gasteiger partial charge in [0.15, 0.2) is 6.61 Å². The van der Waals surface area contributed by atoms with Gasteiger partial charge < -0.3 is 9.47 Å². The van der Waals surface area contributed by atoms with Gasteiger partial charge in [0.1, 0.15) is 11.4 Å². The first-order chi connectivity index (χ1) is 9.94. The van der Waals surface area contributed by atoms with Crippen LogP contribution in [0.3, 0.4) is 0 Å². The van der Waals surface area contributed by atoms with Gasteiger partial charge in [-0.05, 0) is 44.0 Å². The van der Waals surface area contributed by atoms with Crippen LogP contribution in [0.25, 0.3) is 11.1 Å². The summed E-state index contributed by atoms with van der Waals surface area (Å²) in [6.07, 6.45) is 0. The lowest BCUT2D eigenvalue weighted by molar-refractivity contribution is -0.157. The summed E-state index contributed by atoms with van der Waals surface area (Å²) in [5, 5.41) is 0. The van der Waals surface area contributed by atoms with Crippen molar-refractivity contribution < 1.29 is 14.3 Å². The van der Waals surface area contributed by atoms with Crippen molar-refractivity contribution in [1.82, 2.24) is 0 Å². The van der Waals surface area contributed by atoms with Crippen molar-refractivity contribution in [3.8, 4) is 16.9 Å². The van der Waals surface area contributed by atoms with Gasteiger partial charge >= 0.3 is 5.97 Å². The zero-order valence-corrected chi connectivity index (χ0v) is 12.6. The molecule has 110 valence electrons. The van der Waals surface area contributed by atoms with E-state index in [1.807, 2.05) is 63.2 Å². The molecule has 0 aliphatic carbocycles. The lowest BCUT2D eigenvalue weighted by atomic mass is 10.1. The number of esters is 1. The molecule has 0 saturated heterocycles. The Morgan fingerprint density at radius 2 is 1.48 bits per heavy atom. The molecule has 0 bridgehead atoms.